The first-order valence-corrected chi connectivity index (χ1v) is 8.96. The number of hydrogen-bond donors (Lipinski definition) is 1. The van der Waals surface area contributed by atoms with E-state index in [0.29, 0.717) is 19.7 Å². The van der Waals surface area contributed by atoms with E-state index in [1.807, 2.05) is 42.5 Å². The van der Waals surface area contributed by atoms with E-state index in [1.54, 1.807) is 0 Å². The Balaban J connectivity index is 1.84. The van der Waals surface area contributed by atoms with Crippen molar-refractivity contribution in [2.24, 2.45) is 0 Å². The molecule has 0 fully saturated rings. The molecule has 2 rings (SSSR count). The van der Waals surface area contributed by atoms with Gasteiger partial charge in [-0.25, -0.2) is 0 Å². The summed E-state index contributed by atoms with van der Waals surface area (Å²) in [4.78, 5) is 14.2. The van der Waals surface area contributed by atoms with Gasteiger partial charge in [0, 0.05) is 18.5 Å². The SMILES string of the molecule is CCN(CC)CC(=O)NCc1ccccc1OCCc1ccccc1. The van der Waals surface area contributed by atoms with E-state index in [1.165, 1.54) is 5.56 Å². The quantitative estimate of drug-likeness (QED) is 0.722. The highest BCUT2D eigenvalue weighted by Gasteiger charge is 2.09. The Bertz CT molecular complexity index is 639. The molecule has 0 aliphatic carbocycles. The summed E-state index contributed by atoms with van der Waals surface area (Å²) in [5.74, 6) is 0.879. The van der Waals surface area contributed by atoms with Crippen LogP contribution in [0.15, 0.2) is 54.6 Å². The van der Waals surface area contributed by atoms with Crippen LogP contribution in [0.4, 0.5) is 0 Å². The van der Waals surface area contributed by atoms with Gasteiger partial charge in [-0.15, -0.1) is 0 Å². The van der Waals surface area contributed by atoms with Crippen LogP contribution >= 0.6 is 0 Å². The van der Waals surface area contributed by atoms with Gasteiger partial charge in [-0.3, -0.25) is 9.69 Å². The maximum Gasteiger partial charge on any atom is 0.234 e. The molecule has 1 N–H and O–H groups in total. The van der Waals surface area contributed by atoms with Crippen LogP contribution in [0.2, 0.25) is 0 Å². The second-order valence-corrected chi connectivity index (χ2v) is 5.93. The molecular weight excluding hydrogens is 312 g/mol. The normalized spacial score (nSPS) is 10.7. The summed E-state index contributed by atoms with van der Waals surface area (Å²) in [6.45, 7) is 7.42. The minimum absolute atomic E-state index is 0.0442. The summed E-state index contributed by atoms with van der Waals surface area (Å²) < 4.78 is 5.94. The highest BCUT2D eigenvalue weighted by Crippen LogP contribution is 2.18. The van der Waals surface area contributed by atoms with Gasteiger partial charge in [-0.05, 0) is 24.7 Å². The average Bonchev–Trinajstić information content (AvgIpc) is 2.66. The number of rotatable bonds is 10. The molecule has 0 aliphatic rings. The first-order chi connectivity index (χ1) is 12.2. The van der Waals surface area contributed by atoms with Gasteiger partial charge >= 0.3 is 0 Å². The highest BCUT2D eigenvalue weighted by atomic mass is 16.5. The van der Waals surface area contributed by atoms with Crippen molar-refractivity contribution in [2.75, 3.05) is 26.2 Å². The van der Waals surface area contributed by atoms with Crippen LogP contribution in [0, 0.1) is 0 Å². The van der Waals surface area contributed by atoms with E-state index in [2.05, 4.69) is 36.2 Å². The molecule has 1 amide bonds. The standard InChI is InChI=1S/C21H28N2O2/c1-3-23(4-2)17-21(24)22-16-19-12-8-9-13-20(19)25-15-14-18-10-6-5-7-11-18/h5-13H,3-4,14-17H2,1-2H3,(H,22,24). The maximum atomic E-state index is 12.1. The lowest BCUT2D eigenvalue weighted by Gasteiger charge is -2.18. The van der Waals surface area contributed by atoms with E-state index in [-0.39, 0.29) is 5.91 Å². The lowest BCUT2D eigenvalue weighted by atomic mass is 10.1. The average molecular weight is 340 g/mol. The molecule has 4 nitrogen and oxygen atoms in total. The molecule has 2 aromatic rings. The number of carbonyl (C=O) groups excluding carboxylic acids is 1. The Morgan fingerprint density at radius 1 is 1.00 bits per heavy atom. The van der Waals surface area contributed by atoms with E-state index < -0.39 is 0 Å². The van der Waals surface area contributed by atoms with Crippen LogP contribution in [0.5, 0.6) is 5.75 Å². The van der Waals surface area contributed by atoms with Gasteiger partial charge < -0.3 is 10.1 Å². The molecule has 0 heterocycles. The summed E-state index contributed by atoms with van der Waals surface area (Å²) in [7, 11) is 0. The minimum atomic E-state index is 0.0442. The van der Waals surface area contributed by atoms with Crippen LogP contribution in [-0.4, -0.2) is 37.0 Å². The lowest BCUT2D eigenvalue weighted by Crippen LogP contribution is -2.36. The van der Waals surface area contributed by atoms with Crippen LogP contribution in [0.25, 0.3) is 0 Å². The van der Waals surface area contributed by atoms with E-state index in [0.717, 1.165) is 30.8 Å². The number of benzene rings is 2. The van der Waals surface area contributed by atoms with Crippen LogP contribution < -0.4 is 10.1 Å². The van der Waals surface area contributed by atoms with E-state index in [4.69, 9.17) is 4.74 Å². The molecule has 0 atom stereocenters. The largest absolute Gasteiger partial charge is 0.493 e. The first-order valence-electron chi connectivity index (χ1n) is 8.96. The molecule has 4 heteroatoms. The highest BCUT2D eigenvalue weighted by molar-refractivity contribution is 5.78. The molecule has 0 unspecified atom stereocenters. The topological polar surface area (TPSA) is 41.6 Å². The van der Waals surface area contributed by atoms with Gasteiger partial charge in [0.05, 0.1) is 13.2 Å². The zero-order chi connectivity index (χ0) is 17.9. The first kappa shape index (κ1) is 19.0. The van der Waals surface area contributed by atoms with Crippen molar-refractivity contribution in [2.45, 2.75) is 26.8 Å². The number of likely N-dealkylation sites (N-methyl/N-ethyl adjacent to an activating group) is 1. The Hall–Kier alpha value is -2.33. The van der Waals surface area contributed by atoms with Gasteiger partial charge in [0.15, 0.2) is 0 Å². The summed E-state index contributed by atoms with van der Waals surface area (Å²) >= 11 is 0. The smallest absolute Gasteiger partial charge is 0.234 e. The van der Waals surface area contributed by atoms with Crippen molar-refractivity contribution in [3.8, 4) is 5.75 Å². The summed E-state index contributed by atoms with van der Waals surface area (Å²) in [5, 5.41) is 2.99. The Kier molecular flexibility index (Phi) is 7.99. The molecule has 134 valence electrons. The number of hydrogen-bond acceptors (Lipinski definition) is 3. The van der Waals surface area contributed by atoms with Crippen molar-refractivity contribution < 1.29 is 9.53 Å². The van der Waals surface area contributed by atoms with Crippen molar-refractivity contribution in [3.05, 3.63) is 65.7 Å². The summed E-state index contributed by atoms with van der Waals surface area (Å²) in [6.07, 6.45) is 0.865. The lowest BCUT2D eigenvalue weighted by molar-refractivity contribution is -0.122. The number of amides is 1. The molecule has 0 saturated carbocycles. The fraction of sp³-hybridized carbons (Fsp3) is 0.381. The maximum absolute atomic E-state index is 12.1. The fourth-order valence-electron chi connectivity index (χ4n) is 2.61. The third kappa shape index (κ3) is 6.59. The van der Waals surface area contributed by atoms with Gasteiger partial charge in [-0.1, -0.05) is 62.4 Å². The molecule has 2 aromatic carbocycles. The second-order valence-electron chi connectivity index (χ2n) is 5.93. The molecule has 0 aromatic heterocycles. The van der Waals surface area contributed by atoms with Crippen molar-refractivity contribution in [1.29, 1.82) is 0 Å². The molecule has 0 spiro atoms. The zero-order valence-electron chi connectivity index (χ0n) is 15.2. The van der Waals surface area contributed by atoms with Crippen LogP contribution in [-0.2, 0) is 17.8 Å². The van der Waals surface area contributed by atoms with Gasteiger partial charge in [0.1, 0.15) is 5.75 Å². The van der Waals surface area contributed by atoms with Gasteiger partial charge in [-0.2, -0.15) is 0 Å². The number of ether oxygens (including phenoxy) is 1. The van der Waals surface area contributed by atoms with Crippen molar-refractivity contribution in [1.82, 2.24) is 10.2 Å². The van der Waals surface area contributed by atoms with Crippen molar-refractivity contribution in [3.63, 3.8) is 0 Å². The van der Waals surface area contributed by atoms with Crippen LogP contribution in [0.1, 0.15) is 25.0 Å². The number of nitrogens with one attached hydrogen (secondary N) is 1. The monoisotopic (exact) mass is 340 g/mol. The predicted octanol–water partition coefficient (Wildman–Crippen LogP) is 3.27. The molecule has 0 bridgehead atoms. The molecule has 0 aliphatic heterocycles. The Labute approximate surface area is 150 Å². The fourth-order valence-corrected chi connectivity index (χ4v) is 2.61. The Morgan fingerprint density at radius 2 is 1.68 bits per heavy atom. The number of nitrogens with zero attached hydrogens (tertiary/aromatic N) is 1. The summed E-state index contributed by atoms with van der Waals surface area (Å²) in [6, 6.07) is 18.2. The zero-order valence-corrected chi connectivity index (χ0v) is 15.2. The third-order valence-electron chi connectivity index (χ3n) is 4.20. The minimum Gasteiger partial charge on any atom is -0.493 e. The second kappa shape index (κ2) is 10.5. The van der Waals surface area contributed by atoms with Crippen LogP contribution in [0.3, 0.4) is 0 Å². The number of carbonyl (C=O) groups is 1. The van der Waals surface area contributed by atoms with E-state index >= 15 is 0 Å². The van der Waals surface area contributed by atoms with Crippen molar-refractivity contribution >= 4 is 5.91 Å². The molecule has 25 heavy (non-hydrogen) atoms. The number of para-hydroxylation sites is 1. The van der Waals surface area contributed by atoms with E-state index in [9.17, 15) is 4.79 Å². The molecule has 0 saturated heterocycles. The molecular formula is C21H28N2O2. The van der Waals surface area contributed by atoms with Gasteiger partial charge in [0.2, 0.25) is 5.91 Å². The summed E-state index contributed by atoms with van der Waals surface area (Å²) in [5.41, 5.74) is 2.26. The Morgan fingerprint density at radius 3 is 2.40 bits per heavy atom. The predicted molar refractivity (Wildman–Crippen MR) is 102 cm³/mol. The third-order valence-corrected chi connectivity index (χ3v) is 4.20. The molecule has 0 radical (unpaired) electrons. The van der Waals surface area contributed by atoms with Gasteiger partial charge in [0.25, 0.3) is 0 Å².